The second-order valence-corrected chi connectivity index (χ2v) is 8.54. The lowest BCUT2D eigenvalue weighted by Gasteiger charge is -2.58. The Labute approximate surface area is 174 Å². The first-order valence-corrected chi connectivity index (χ1v) is 10.4. The quantitative estimate of drug-likeness (QED) is 0.720. The van der Waals surface area contributed by atoms with Crippen LogP contribution in [0.4, 0.5) is 4.39 Å². The van der Waals surface area contributed by atoms with Crippen LogP contribution in [0.2, 0.25) is 0 Å². The van der Waals surface area contributed by atoms with E-state index in [1.54, 1.807) is 6.07 Å². The van der Waals surface area contributed by atoms with E-state index in [1.807, 2.05) is 35.2 Å². The van der Waals surface area contributed by atoms with Gasteiger partial charge in [-0.05, 0) is 56.6 Å². The molecule has 2 aliphatic heterocycles. The lowest BCUT2D eigenvalue weighted by molar-refractivity contribution is -0.0698. The van der Waals surface area contributed by atoms with Crippen molar-refractivity contribution in [3.63, 3.8) is 0 Å². The van der Waals surface area contributed by atoms with Crippen LogP contribution in [0.25, 0.3) is 10.9 Å². The van der Waals surface area contributed by atoms with Gasteiger partial charge in [-0.25, -0.2) is 9.37 Å². The molecule has 0 aliphatic carbocycles. The van der Waals surface area contributed by atoms with E-state index in [1.165, 1.54) is 12.3 Å². The number of nitrogens with one attached hydrogen (secondary N) is 1. The van der Waals surface area contributed by atoms with Gasteiger partial charge < -0.3 is 14.6 Å². The van der Waals surface area contributed by atoms with E-state index < -0.39 is 5.82 Å². The molecule has 1 atom stereocenters. The number of hydrogen-bond acceptors (Lipinski definition) is 4. The molecule has 1 N–H and O–H groups in total. The van der Waals surface area contributed by atoms with Gasteiger partial charge in [0.05, 0.1) is 12.1 Å². The van der Waals surface area contributed by atoms with Gasteiger partial charge in [-0.2, -0.15) is 0 Å². The molecule has 5 rings (SSSR count). The number of piperidine rings is 1. The molecule has 6 nitrogen and oxygen atoms in total. The first-order chi connectivity index (χ1) is 14.5. The molecule has 2 aliphatic rings. The highest BCUT2D eigenvalue weighted by atomic mass is 19.1. The van der Waals surface area contributed by atoms with E-state index in [9.17, 15) is 9.18 Å². The number of H-pyrrole nitrogens is 1. The maximum absolute atomic E-state index is 13.8. The highest BCUT2D eigenvalue weighted by Crippen LogP contribution is 2.39. The summed E-state index contributed by atoms with van der Waals surface area (Å²) in [5.41, 5.74) is 1.58. The number of benzene rings is 1. The summed E-state index contributed by atoms with van der Waals surface area (Å²) in [5, 5.41) is 1.05. The van der Waals surface area contributed by atoms with Gasteiger partial charge in [0.2, 0.25) is 5.88 Å². The third-order valence-electron chi connectivity index (χ3n) is 6.55. The standard InChI is InChI=1S/C23H25FN4O2/c1-27-10-8-16(13-30-21-18(24)6-4-9-25-21)12-23(27)14-28(15-23)22(29)20-11-17-5-2-3-7-19(17)26-20/h2-7,9,11,16,26H,8,10,12-15H2,1H3. The van der Waals surface area contributed by atoms with Crippen molar-refractivity contribution in [1.82, 2.24) is 19.8 Å². The zero-order valence-corrected chi connectivity index (χ0v) is 17.0. The fourth-order valence-electron chi connectivity index (χ4n) is 4.76. The van der Waals surface area contributed by atoms with Crippen molar-refractivity contribution in [2.75, 3.05) is 33.3 Å². The Morgan fingerprint density at radius 3 is 2.93 bits per heavy atom. The number of nitrogens with zero attached hydrogens (tertiary/aromatic N) is 3. The number of ether oxygens (including phenoxy) is 1. The maximum Gasteiger partial charge on any atom is 0.270 e. The number of carbonyl (C=O) groups excluding carboxylic acids is 1. The number of fused-ring (bicyclic) bond motifs is 1. The van der Waals surface area contributed by atoms with Crippen molar-refractivity contribution in [2.24, 2.45) is 5.92 Å². The van der Waals surface area contributed by atoms with Crippen LogP contribution in [0.1, 0.15) is 23.3 Å². The number of rotatable bonds is 4. The lowest BCUT2D eigenvalue weighted by Crippen LogP contribution is -2.72. The number of amides is 1. The van der Waals surface area contributed by atoms with E-state index >= 15 is 0 Å². The Hall–Kier alpha value is -2.93. The molecule has 0 saturated carbocycles. The van der Waals surface area contributed by atoms with Gasteiger partial charge in [0.25, 0.3) is 5.91 Å². The first kappa shape index (κ1) is 19.1. The third kappa shape index (κ3) is 3.33. The predicted octanol–water partition coefficient (Wildman–Crippen LogP) is 3.32. The molecule has 1 amide bonds. The SMILES string of the molecule is CN1CCC(COc2ncccc2F)CC12CN(C(=O)c1cc3ccccc3[nH]1)C2. The third-order valence-corrected chi connectivity index (χ3v) is 6.55. The van der Waals surface area contributed by atoms with E-state index in [0.717, 1.165) is 30.3 Å². The predicted molar refractivity (Wildman–Crippen MR) is 112 cm³/mol. The smallest absolute Gasteiger partial charge is 0.270 e. The summed E-state index contributed by atoms with van der Waals surface area (Å²) in [7, 11) is 2.13. The molecule has 0 radical (unpaired) electrons. The summed E-state index contributed by atoms with van der Waals surface area (Å²) >= 11 is 0. The van der Waals surface area contributed by atoms with Crippen LogP contribution in [-0.4, -0.2) is 64.5 Å². The minimum Gasteiger partial charge on any atom is -0.475 e. The number of para-hydroxylation sites is 1. The first-order valence-electron chi connectivity index (χ1n) is 10.4. The van der Waals surface area contributed by atoms with Crippen molar-refractivity contribution in [2.45, 2.75) is 18.4 Å². The van der Waals surface area contributed by atoms with Gasteiger partial charge in [-0.3, -0.25) is 9.69 Å². The van der Waals surface area contributed by atoms with Gasteiger partial charge in [-0.15, -0.1) is 0 Å². The summed E-state index contributed by atoms with van der Waals surface area (Å²) in [6.07, 6.45) is 3.45. The molecule has 7 heteroatoms. The molecule has 2 aromatic heterocycles. The molecule has 0 bridgehead atoms. The molecular formula is C23H25FN4O2. The molecule has 3 aromatic rings. The zero-order chi connectivity index (χ0) is 20.7. The number of likely N-dealkylation sites (N-methyl/N-ethyl adjacent to an activating group) is 1. The van der Waals surface area contributed by atoms with Crippen LogP contribution in [0.15, 0.2) is 48.7 Å². The molecule has 1 aromatic carbocycles. The van der Waals surface area contributed by atoms with Gasteiger partial charge in [0, 0.05) is 30.2 Å². The molecule has 2 fully saturated rings. The summed E-state index contributed by atoms with van der Waals surface area (Å²) in [5.74, 6) is -0.0133. The summed E-state index contributed by atoms with van der Waals surface area (Å²) in [4.78, 5) is 24.4. The number of likely N-dealkylation sites (tertiary alicyclic amines) is 2. The van der Waals surface area contributed by atoms with Crippen LogP contribution < -0.4 is 4.74 Å². The zero-order valence-electron chi connectivity index (χ0n) is 17.0. The number of aromatic nitrogens is 2. The van der Waals surface area contributed by atoms with E-state index in [0.29, 0.717) is 31.3 Å². The fraction of sp³-hybridized carbons (Fsp3) is 0.391. The minimum atomic E-state index is -0.432. The fourth-order valence-corrected chi connectivity index (χ4v) is 4.76. The van der Waals surface area contributed by atoms with Crippen molar-refractivity contribution >= 4 is 16.8 Å². The Morgan fingerprint density at radius 1 is 1.30 bits per heavy atom. The van der Waals surface area contributed by atoms with Crippen molar-refractivity contribution < 1.29 is 13.9 Å². The monoisotopic (exact) mass is 408 g/mol. The summed E-state index contributed by atoms with van der Waals surface area (Å²) in [6, 6.07) is 12.8. The second-order valence-electron chi connectivity index (χ2n) is 8.54. The molecule has 2 saturated heterocycles. The number of carbonyl (C=O) groups is 1. The molecule has 30 heavy (non-hydrogen) atoms. The normalized spacial score (nSPS) is 21.0. The Balaban J connectivity index is 1.23. The summed E-state index contributed by atoms with van der Waals surface area (Å²) < 4.78 is 19.4. The largest absolute Gasteiger partial charge is 0.475 e. The summed E-state index contributed by atoms with van der Waals surface area (Å²) in [6.45, 7) is 2.78. The molecule has 4 heterocycles. The highest BCUT2D eigenvalue weighted by molar-refractivity contribution is 5.98. The molecule has 156 valence electrons. The number of aromatic amines is 1. The minimum absolute atomic E-state index is 0.0311. The van der Waals surface area contributed by atoms with Crippen LogP contribution >= 0.6 is 0 Å². The van der Waals surface area contributed by atoms with E-state index in [2.05, 4.69) is 21.9 Å². The van der Waals surface area contributed by atoms with Crippen molar-refractivity contribution in [3.05, 3.63) is 60.2 Å². The molecular weight excluding hydrogens is 383 g/mol. The van der Waals surface area contributed by atoms with E-state index in [-0.39, 0.29) is 17.3 Å². The topological polar surface area (TPSA) is 61.5 Å². The van der Waals surface area contributed by atoms with Gasteiger partial charge >= 0.3 is 0 Å². The second kappa shape index (κ2) is 7.40. The molecule has 1 spiro atoms. The molecule has 1 unspecified atom stereocenters. The van der Waals surface area contributed by atoms with Gasteiger partial charge in [-0.1, -0.05) is 18.2 Å². The van der Waals surface area contributed by atoms with Crippen LogP contribution in [0, 0.1) is 11.7 Å². The maximum atomic E-state index is 13.8. The Bertz CT molecular complexity index is 1040. The Kier molecular flexibility index (Phi) is 4.70. The lowest BCUT2D eigenvalue weighted by atomic mass is 9.75. The average molecular weight is 408 g/mol. The highest BCUT2D eigenvalue weighted by Gasteiger charge is 2.51. The van der Waals surface area contributed by atoms with Gasteiger partial charge in [0.1, 0.15) is 5.69 Å². The van der Waals surface area contributed by atoms with E-state index in [4.69, 9.17) is 4.74 Å². The van der Waals surface area contributed by atoms with Crippen molar-refractivity contribution in [3.8, 4) is 5.88 Å². The van der Waals surface area contributed by atoms with Crippen LogP contribution in [0.5, 0.6) is 5.88 Å². The number of hydrogen-bond donors (Lipinski definition) is 1. The average Bonchev–Trinajstić information content (AvgIpc) is 3.16. The number of pyridine rings is 1. The van der Waals surface area contributed by atoms with Crippen LogP contribution in [-0.2, 0) is 0 Å². The van der Waals surface area contributed by atoms with Crippen molar-refractivity contribution in [1.29, 1.82) is 0 Å². The van der Waals surface area contributed by atoms with Gasteiger partial charge in [0.15, 0.2) is 5.82 Å². The Morgan fingerprint density at radius 2 is 2.13 bits per heavy atom. The number of halogens is 1. The van der Waals surface area contributed by atoms with Crippen LogP contribution in [0.3, 0.4) is 0 Å².